The molecule has 2 aliphatic rings. The van der Waals surface area contributed by atoms with Crippen molar-refractivity contribution in [1.82, 2.24) is 9.80 Å². The predicted molar refractivity (Wildman–Crippen MR) is 114 cm³/mol. The first-order valence-corrected chi connectivity index (χ1v) is 11.1. The molecule has 29 heavy (non-hydrogen) atoms. The van der Waals surface area contributed by atoms with Gasteiger partial charge in [0.2, 0.25) is 0 Å². The zero-order valence-electron chi connectivity index (χ0n) is 16.7. The highest BCUT2D eigenvalue weighted by Gasteiger charge is 2.32. The predicted octanol–water partition coefficient (Wildman–Crippen LogP) is 3.96. The Kier molecular flexibility index (Phi) is 5.87. The summed E-state index contributed by atoms with van der Waals surface area (Å²) in [6.07, 6.45) is 3.87. The first-order chi connectivity index (χ1) is 14.0. The molecule has 154 valence electrons. The van der Waals surface area contributed by atoms with Gasteiger partial charge in [0.1, 0.15) is 0 Å². The first-order valence-electron chi connectivity index (χ1n) is 10.2. The standard InChI is InChI=1S/C22H27N3O3S/c1-15-4-2-10-24(15)13-19-5-3-11-25(19)21(26)17-8-6-16(7-9-17)18-12-20(29-14-18)28-22(23)27/h6-9,12,14-15,19H,2-5,10-11,13H2,1H3,(H2,23,27)/t15-,19+/m1/s1. The van der Waals surface area contributed by atoms with Gasteiger partial charge >= 0.3 is 6.09 Å². The number of amides is 2. The Morgan fingerprint density at radius 3 is 2.59 bits per heavy atom. The lowest BCUT2D eigenvalue weighted by Crippen LogP contribution is -2.44. The van der Waals surface area contributed by atoms with Crippen molar-refractivity contribution in [3.8, 4) is 16.2 Å². The summed E-state index contributed by atoms with van der Waals surface area (Å²) >= 11 is 1.32. The molecule has 0 saturated carbocycles. The van der Waals surface area contributed by atoms with Crippen molar-refractivity contribution in [2.45, 2.75) is 44.7 Å². The highest BCUT2D eigenvalue weighted by atomic mass is 32.1. The van der Waals surface area contributed by atoms with Gasteiger partial charge in [0.25, 0.3) is 5.91 Å². The fourth-order valence-electron chi connectivity index (χ4n) is 4.42. The van der Waals surface area contributed by atoms with Gasteiger partial charge in [0.15, 0.2) is 5.06 Å². The van der Waals surface area contributed by atoms with E-state index in [1.165, 1.54) is 24.2 Å². The number of rotatable bonds is 5. The smallest absolute Gasteiger partial charge is 0.399 e. The van der Waals surface area contributed by atoms with E-state index in [1.54, 1.807) is 6.07 Å². The van der Waals surface area contributed by atoms with Gasteiger partial charge in [-0.25, -0.2) is 4.79 Å². The molecular weight excluding hydrogens is 386 g/mol. The van der Waals surface area contributed by atoms with Gasteiger partial charge in [0.05, 0.1) is 0 Å². The average molecular weight is 414 g/mol. The number of hydrogen-bond donors (Lipinski definition) is 1. The van der Waals surface area contributed by atoms with Crippen molar-refractivity contribution >= 4 is 23.3 Å². The second-order valence-corrected chi connectivity index (χ2v) is 8.81. The second-order valence-electron chi connectivity index (χ2n) is 7.93. The summed E-state index contributed by atoms with van der Waals surface area (Å²) in [5, 5.41) is 2.37. The van der Waals surface area contributed by atoms with Crippen LogP contribution in [0, 0.1) is 0 Å². The lowest BCUT2D eigenvalue weighted by atomic mass is 10.1. The van der Waals surface area contributed by atoms with E-state index < -0.39 is 6.09 Å². The van der Waals surface area contributed by atoms with Crippen LogP contribution in [0.1, 0.15) is 43.0 Å². The second kappa shape index (κ2) is 8.55. The number of nitrogens with zero attached hydrogens (tertiary/aromatic N) is 2. The highest BCUT2D eigenvalue weighted by Crippen LogP contribution is 2.31. The third-order valence-corrected chi connectivity index (χ3v) is 6.82. The Labute approximate surface area is 175 Å². The van der Waals surface area contributed by atoms with Crippen LogP contribution >= 0.6 is 11.3 Å². The molecule has 3 heterocycles. The molecule has 1 aromatic heterocycles. The molecule has 7 heteroatoms. The summed E-state index contributed by atoms with van der Waals surface area (Å²) in [6, 6.07) is 10.4. The van der Waals surface area contributed by atoms with E-state index in [9.17, 15) is 9.59 Å². The molecule has 2 saturated heterocycles. The van der Waals surface area contributed by atoms with Crippen LogP contribution in [-0.4, -0.2) is 53.5 Å². The number of carbonyl (C=O) groups excluding carboxylic acids is 2. The third-order valence-electron chi connectivity index (χ3n) is 6.02. The molecule has 0 bridgehead atoms. The molecule has 4 rings (SSSR count). The maximum absolute atomic E-state index is 13.1. The number of benzene rings is 1. The number of primary amides is 1. The van der Waals surface area contributed by atoms with Crippen LogP contribution in [0.2, 0.25) is 0 Å². The maximum Gasteiger partial charge on any atom is 0.410 e. The lowest BCUT2D eigenvalue weighted by molar-refractivity contribution is 0.0696. The van der Waals surface area contributed by atoms with Gasteiger partial charge in [-0.2, -0.15) is 0 Å². The van der Waals surface area contributed by atoms with Crippen LogP contribution in [0.3, 0.4) is 0 Å². The van der Waals surface area contributed by atoms with Crippen molar-refractivity contribution in [3.63, 3.8) is 0 Å². The highest BCUT2D eigenvalue weighted by molar-refractivity contribution is 7.12. The zero-order valence-corrected chi connectivity index (χ0v) is 17.5. The van der Waals surface area contributed by atoms with Gasteiger partial charge in [-0.3, -0.25) is 9.69 Å². The maximum atomic E-state index is 13.1. The Morgan fingerprint density at radius 2 is 1.90 bits per heavy atom. The van der Waals surface area contributed by atoms with Crippen LogP contribution in [0.4, 0.5) is 4.79 Å². The number of carbonyl (C=O) groups is 2. The molecule has 1 aromatic carbocycles. The molecule has 2 aliphatic heterocycles. The molecule has 0 radical (unpaired) electrons. The Balaban J connectivity index is 1.43. The number of thiophene rings is 1. The molecule has 0 spiro atoms. The number of ether oxygens (including phenoxy) is 1. The van der Waals surface area contributed by atoms with Gasteiger partial charge in [-0.1, -0.05) is 12.1 Å². The molecule has 2 atom stereocenters. The van der Waals surface area contributed by atoms with E-state index in [-0.39, 0.29) is 5.91 Å². The summed E-state index contributed by atoms with van der Waals surface area (Å²) in [5.41, 5.74) is 7.69. The minimum Gasteiger partial charge on any atom is -0.399 e. The topological polar surface area (TPSA) is 75.9 Å². The van der Waals surface area contributed by atoms with E-state index in [1.807, 2.05) is 29.6 Å². The SMILES string of the molecule is C[C@@H]1CCCN1C[C@@H]1CCCN1C(=O)c1ccc(-c2csc(OC(N)=O)c2)cc1. The van der Waals surface area contributed by atoms with Gasteiger partial charge in [-0.05, 0) is 62.4 Å². The number of likely N-dealkylation sites (tertiary alicyclic amines) is 2. The fourth-order valence-corrected chi connectivity index (χ4v) is 5.19. The van der Waals surface area contributed by atoms with Crippen LogP contribution in [0.5, 0.6) is 5.06 Å². The summed E-state index contributed by atoms with van der Waals surface area (Å²) < 4.78 is 4.91. The van der Waals surface area contributed by atoms with Crippen molar-refractivity contribution in [3.05, 3.63) is 41.3 Å². The summed E-state index contributed by atoms with van der Waals surface area (Å²) in [4.78, 5) is 28.6. The van der Waals surface area contributed by atoms with E-state index in [0.717, 1.165) is 49.2 Å². The molecule has 2 N–H and O–H groups in total. The van der Waals surface area contributed by atoms with E-state index in [2.05, 4.69) is 16.7 Å². The molecular formula is C22H27N3O3S. The van der Waals surface area contributed by atoms with Crippen LogP contribution in [0.25, 0.3) is 11.1 Å². The third kappa shape index (κ3) is 4.46. The van der Waals surface area contributed by atoms with E-state index in [0.29, 0.717) is 17.1 Å². The molecule has 0 aliphatic carbocycles. The Morgan fingerprint density at radius 1 is 1.14 bits per heavy atom. The van der Waals surface area contributed by atoms with Crippen molar-refractivity contribution < 1.29 is 14.3 Å². The number of nitrogens with two attached hydrogens (primary N) is 1. The minimum atomic E-state index is -0.817. The molecule has 2 fully saturated rings. The molecule has 2 aromatic rings. The Hall–Kier alpha value is -2.38. The molecule has 0 unspecified atom stereocenters. The van der Waals surface area contributed by atoms with Crippen LogP contribution < -0.4 is 10.5 Å². The Bertz CT molecular complexity index is 880. The normalized spacial score (nSPS) is 22.2. The average Bonchev–Trinajstić information content (AvgIpc) is 3.44. The van der Waals surface area contributed by atoms with Crippen LogP contribution in [-0.2, 0) is 0 Å². The molecule has 2 amide bonds. The molecule has 6 nitrogen and oxygen atoms in total. The van der Waals surface area contributed by atoms with Crippen molar-refractivity contribution in [2.24, 2.45) is 5.73 Å². The van der Waals surface area contributed by atoms with E-state index >= 15 is 0 Å². The first kappa shape index (κ1) is 19.9. The van der Waals surface area contributed by atoms with E-state index in [4.69, 9.17) is 10.5 Å². The zero-order chi connectivity index (χ0) is 20.4. The van der Waals surface area contributed by atoms with Crippen LogP contribution in [0.15, 0.2) is 35.7 Å². The summed E-state index contributed by atoms with van der Waals surface area (Å²) in [5.74, 6) is 0.119. The van der Waals surface area contributed by atoms with Crippen molar-refractivity contribution in [2.75, 3.05) is 19.6 Å². The monoisotopic (exact) mass is 413 g/mol. The van der Waals surface area contributed by atoms with Gasteiger partial charge < -0.3 is 15.4 Å². The van der Waals surface area contributed by atoms with Gasteiger partial charge in [0, 0.05) is 42.2 Å². The lowest BCUT2D eigenvalue weighted by Gasteiger charge is -2.30. The minimum absolute atomic E-state index is 0.119. The quantitative estimate of drug-likeness (QED) is 0.805. The summed E-state index contributed by atoms with van der Waals surface area (Å²) in [7, 11) is 0. The summed E-state index contributed by atoms with van der Waals surface area (Å²) in [6.45, 7) is 5.27. The largest absolute Gasteiger partial charge is 0.410 e. The van der Waals surface area contributed by atoms with Gasteiger partial charge in [-0.15, -0.1) is 11.3 Å². The fraction of sp³-hybridized carbons (Fsp3) is 0.455. The number of hydrogen-bond acceptors (Lipinski definition) is 5. The van der Waals surface area contributed by atoms with Crippen molar-refractivity contribution in [1.29, 1.82) is 0 Å².